The highest BCUT2D eigenvalue weighted by molar-refractivity contribution is 5.89. The average molecular weight is 418 g/mol. The fourth-order valence-corrected chi connectivity index (χ4v) is 4.82. The molecule has 6 nitrogen and oxygen atoms in total. The Kier molecular flexibility index (Phi) is 3.82. The number of nitrogens with zero attached hydrogens (tertiary/aromatic N) is 4. The number of likely N-dealkylation sites (tertiary alicyclic amines) is 1. The smallest absolute Gasteiger partial charge is 0.260 e. The number of alkyl halides is 1. The molecule has 1 amide bonds. The van der Waals surface area contributed by atoms with Crippen LogP contribution >= 0.6 is 0 Å². The minimum Gasteiger partial charge on any atom is -0.481 e. The number of benzene rings is 1. The second-order valence-electron chi connectivity index (χ2n) is 9.18. The summed E-state index contributed by atoms with van der Waals surface area (Å²) in [5, 5.41) is 1.05. The lowest BCUT2D eigenvalue weighted by molar-refractivity contribution is -0.152. The van der Waals surface area contributed by atoms with Crippen LogP contribution in [0.25, 0.3) is 22.0 Å². The van der Waals surface area contributed by atoms with Gasteiger partial charge in [0, 0.05) is 54.8 Å². The molecule has 4 heterocycles. The first-order valence-corrected chi connectivity index (χ1v) is 10.6. The van der Waals surface area contributed by atoms with E-state index in [0.717, 1.165) is 40.8 Å². The molecule has 0 radical (unpaired) electrons. The first kappa shape index (κ1) is 18.5. The Bertz CT molecular complexity index is 1200. The van der Waals surface area contributed by atoms with Gasteiger partial charge in [0.25, 0.3) is 5.91 Å². The maximum Gasteiger partial charge on any atom is 0.260 e. The molecule has 2 aromatic heterocycles. The molecule has 6 rings (SSSR count). The fourth-order valence-electron chi connectivity index (χ4n) is 4.82. The Balaban J connectivity index is 1.16. The molecule has 1 aromatic carbocycles. The normalized spacial score (nSPS) is 20.3. The molecule has 1 aliphatic carbocycles. The van der Waals surface area contributed by atoms with Crippen molar-refractivity contribution in [3.8, 4) is 17.0 Å². The van der Waals surface area contributed by atoms with Crippen LogP contribution in [-0.4, -0.2) is 59.7 Å². The SMILES string of the molecule is COc1ccc2cc(-c3cncc(N4CC5(CN(C(=O)C6(F)CC6)C5)C4)c3)ccc2n1. The van der Waals surface area contributed by atoms with Gasteiger partial charge in [-0.3, -0.25) is 9.78 Å². The van der Waals surface area contributed by atoms with Crippen LogP contribution in [0, 0.1) is 5.41 Å². The van der Waals surface area contributed by atoms with Crippen LogP contribution < -0.4 is 9.64 Å². The largest absolute Gasteiger partial charge is 0.481 e. The summed E-state index contributed by atoms with van der Waals surface area (Å²) in [7, 11) is 1.61. The number of anilines is 1. The Labute approximate surface area is 179 Å². The van der Waals surface area contributed by atoms with Crippen LogP contribution in [0.5, 0.6) is 5.88 Å². The molecule has 7 heteroatoms. The van der Waals surface area contributed by atoms with E-state index in [2.05, 4.69) is 27.0 Å². The van der Waals surface area contributed by atoms with Gasteiger partial charge in [-0.25, -0.2) is 9.37 Å². The van der Waals surface area contributed by atoms with E-state index in [1.165, 1.54) is 0 Å². The number of carbonyl (C=O) groups excluding carboxylic acids is 1. The van der Waals surface area contributed by atoms with Crippen molar-refractivity contribution in [2.75, 3.05) is 38.2 Å². The Morgan fingerprint density at radius 1 is 1.03 bits per heavy atom. The minimum absolute atomic E-state index is 0.116. The van der Waals surface area contributed by atoms with Gasteiger partial charge in [-0.15, -0.1) is 0 Å². The van der Waals surface area contributed by atoms with Crippen LogP contribution in [0.1, 0.15) is 12.8 Å². The van der Waals surface area contributed by atoms with E-state index in [0.29, 0.717) is 31.8 Å². The van der Waals surface area contributed by atoms with Crippen molar-refractivity contribution in [2.24, 2.45) is 5.41 Å². The van der Waals surface area contributed by atoms with Gasteiger partial charge in [-0.1, -0.05) is 6.07 Å². The highest BCUT2D eigenvalue weighted by Gasteiger charge is 2.60. The standard InChI is InChI=1S/C24H23FN4O2/c1-31-21-5-3-17-8-16(2-4-20(17)27-21)18-9-19(11-26-10-18)28-12-23(13-28)14-29(15-23)22(30)24(25)6-7-24/h2-5,8-11H,6-7,12-15H2,1H3. The Morgan fingerprint density at radius 2 is 1.84 bits per heavy atom. The number of pyridine rings is 2. The van der Waals surface area contributed by atoms with Crippen LogP contribution in [0.3, 0.4) is 0 Å². The minimum atomic E-state index is -1.55. The van der Waals surface area contributed by atoms with Gasteiger partial charge in [0.05, 0.1) is 24.5 Å². The number of carbonyl (C=O) groups is 1. The van der Waals surface area contributed by atoms with Crippen molar-refractivity contribution >= 4 is 22.5 Å². The summed E-state index contributed by atoms with van der Waals surface area (Å²) in [4.78, 5) is 25.0. The second-order valence-corrected chi connectivity index (χ2v) is 9.18. The first-order valence-electron chi connectivity index (χ1n) is 10.6. The van der Waals surface area contributed by atoms with Crippen LogP contribution in [-0.2, 0) is 4.79 Å². The Hall–Kier alpha value is -3.22. The summed E-state index contributed by atoms with van der Waals surface area (Å²) in [6, 6.07) is 12.2. The van der Waals surface area contributed by atoms with Crippen molar-refractivity contribution in [3.63, 3.8) is 0 Å². The molecule has 3 aliphatic rings. The second kappa shape index (κ2) is 6.39. The maximum atomic E-state index is 14.0. The zero-order valence-electron chi connectivity index (χ0n) is 17.3. The predicted molar refractivity (Wildman–Crippen MR) is 116 cm³/mol. The molecule has 158 valence electrons. The molecular formula is C24H23FN4O2. The van der Waals surface area contributed by atoms with Crippen molar-refractivity contribution < 1.29 is 13.9 Å². The highest BCUT2D eigenvalue weighted by Crippen LogP contribution is 2.47. The van der Waals surface area contributed by atoms with Crippen LogP contribution in [0.4, 0.5) is 10.1 Å². The van der Waals surface area contributed by atoms with Gasteiger partial charge in [-0.05, 0) is 42.7 Å². The van der Waals surface area contributed by atoms with E-state index in [1.807, 2.05) is 36.7 Å². The fraction of sp³-hybridized carbons (Fsp3) is 0.375. The number of hydrogen-bond donors (Lipinski definition) is 0. The molecule has 3 aromatic rings. The third-order valence-corrected chi connectivity index (χ3v) is 6.76. The van der Waals surface area contributed by atoms with E-state index in [1.54, 1.807) is 12.0 Å². The maximum absolute atomic E-state index is 14.0. The van der Waals surface area contributed by atoms with Crippen molar-refractivity contribution in [3.05, 3.63) is 48.8 Å². The summed E-state index contributed by atoms with van der Waals surface area (Å²) in [6.07, 6.45) is 4.53. The molecule has 2 aliphatic heterocycles. The average Bonchev–Trinajstić information content (AvgIpc) is 3.49. The lowest BCUT2D eigenvalue weighted by atomic mass is 9.72. The van der Waals surface area contributed by atoms with E-state index in [-0.39, 0.29) is 11.3 Å². The molecule has 0 atom stereocenters. The Morgan fingerprint density at radius 3 is 2.58 bits per heavy atom. The highest BCUT2D eigenvalue weighted by atomic mass is 19.1. The summed E-state index contributed by atoms with van der Waals surface area (Å²) in [5.74, 6) is 0.300. The number of methoxy groups -OCH3 is 1. The van der Waals surface area contributed by atoms with E-state index >= 15 is 0 Å². The number of ether oxygens (including phenoxy) is 1. The monoisotopic (exact) mass is 418 g/mol. The number of fused-ring (bicyclic) bond motifs is 1. The van der Waals surface area contributed by atoms with Crippen molar-refractivity contribution in [2.45, 2.75) is 18.5 Å². The van der Waals surface area contributed by atoms with E-state index in [4.69, 9.17) is 4.74 Å². The van der Waals surface area contributed by atoms with Gasteiger partial charge in [-0.2, -0.15) is 0 Å². The van der Waals surface area contributed by atoms with E-state index < -0.39 is 5.67 Å². The number of amides is 1. The van der Waals surface area contributed by atoms with Crippen molar-refractivity contribution in [1.29, 1.82) is 0 Å². The number of hydrogen-bond acceptors (Lipinski definition) is 5. The molecule has 1 spiro atoms. The van der Waals surface area contributed by atoms with Crippen molar-refractivity contribution in [1.82, 2.24) is 14.9 Å². The van der Waals surface area contributed by atoms with Crippen LogP contribution in [0.15, 0.2) is 48.8 Å². The lowest BCUT2D eigenvalue weighted by Gasteiger charge is -2.61. The van der Waals surface area contributed by atoms with Crippen LogP contribution in [0.2, 0.25) is 0 Å². The summed E-state index contributed by atoms with van der Waals surface area (Å²) < 4.78 is 19.2. The van der Waals surface area contributed by atoms with Gasteiger partial charge in [0.1, 0.15) is 0 Å². The molecular weight excluding hydrogens is 395 g/mol. The molecule has 3 fully saturated rings. The number of aromatic nitrogens is 2. The molecule has 0 bridgehead atoms. The molecule has 0 N–H and O–H groups in total. The van der Waals surface area contributed by atoms with Gasteiger partial charge < -0.3 is 14.5 Å². The van der Waals surface area contributed by atoms with Gasteiger partial charge in [0.2, 0.25) is 5.88 Å². The topological polar surface area (TPSA) is 58.6 Å². The summed E-state index contributed by atoms with van der Waals surface area (Å²) in [5.41, 5.74) is 2.66. The molecule has 0 unspecified atom stereocenters. The predicted octanol–water partition coefficient (Wildman–Crippen LogP) is 3.46. The molecule has 1 saturated carbocycles. The molecule has 2 saturated heterocycles. The van der Waals surface area contributed by atoms with Gasteiger partial charge in [0.15, 0.2) is 5.67 Å². The quantitative estimate of drug-likeness (QED) is 0.650. The lowest BCUT2D eigenvalue weighted by Crippen LogP contribution is -2.73. The summed E-state index contributed by atoms with van der Waals surface area (Å²) in [6.45, 7) is 3.09. The third-order valence-electron chi connectivity index (χ3n) is 6.76. The zero-order chi connectivity index (χ0) is 21.2. The molecule has 31 heavy (non-hydrogen) atoms. The first-order chi connectivity index (χ1) is 15.0. The zero-order valence-corrected chi connectivity index (χ0v) is 17.3. The number of rotatable bonds is 4. The van der Waals surface area contributed by atoms with E-state index in [9.17, 15) is 9.18 Å². The summed E-state index contributed by atoms with van der Waals surface area (Å²) >= 11 is 0. The number of halogens is 1. The van der Waals surface area contributed by atoms with Gasteiger partial charge >= 0.3 is 0 Å². The third kappa shape index (κ3) is 3.02.